The fraction of sp³-hybridized carbons (Fsp3) is 0.522. The maximum absolute atomic E-state index is 13.0. The van der Waals surface area contributed by atoms with E-state index in [-0.39, 0.29) is 35.4 Å². The van der Waals surface area contributed by atoms with Crippen molar-refractivity contribution in [1.29, 1.82) is 0 Å². The number of nitrogens with zero attached hydrogens (tertiary/aromatic N) is 3. The molecule has 1 heterocycles. The number of carbonyl (C=O) groups is 2. The highest BCUT2D eigenvalue weighted by atomic mass is 35.5. The van der Waals surface area contributed by atoms with Crippen molar-refractivity contribution in [2.75, 3.05) is 11.9 Å². The van der Waals surface area contributed by atoms with Gasteiger partial charge in [-0.15, -0.1) is 0 Å². The molecule has 2 rings (SSSR count). The number of benzene rings is 1. The third kappa shape index (κ3) is 6.23. The maximum atomic E-state index is 13.0. The van der Waals surface area contributed by atoms with E-state index in [0.717, 1.165) is 5.69 Å². The predicted molar refractivity (Wildman–Crippen MR) is 127 cm³/mol. The van der Waals surface area contributed by atoms with E-state index in [1.165, 1.54) is 11.0 Å². The normalized spacial score (nSPS) is 12.2. The van der Waals surface area contributed by atoms with Crippen LogP contribution in [0, 0.1) is 0 Å². The van der Waals surface area contributed by atoms with Crippen molar-refractivity contribution in [3.05, 3.63) is 45.6 Å². The van der Waals surface area contributed by atoms with Gasteiger partial charge in [-0.1, -0.05) is 44.0 Å². The van der Waals surface area contributed by atoms with E-state index in [1.54, 1.807) is 12.1 Å². The molecule has 8 heteroatoms. The molecule has 0 saturated carbocycles. The molecule has 0 aliphatic rings. The summed E-state index contributed by atoms with van der Waals surface area (Å²) in [5.74, 6) is 0.0181. The lowest BCUT2D eigenvalue weighted by Crippen LogP contribution is -2.42. The first-order chi connectivity index (χ1) is 14.1. The van der Waals surface area contributed by atoms with Crippen LogP contribution in [0.4, 0.5) is 5.82 Å². The molecule has 0 atom stereocenters. The lowest BCUT2D eigenvalue weighted by atomic mass is 9.92. The first-order valence-corrected chi connectivity index (χ1v) is 11.0. The summed E-state index contributed by atoms with van der Waals surface area (Å²) >= 11 is 12.0. The van der Waals surface area contributed by atoms with Gasteiger partial charge in [0.25, 0.3) is 5.91 Å². The van der Waals surface area contributed by atoms with E-state index in [4.69, 9.17) is 28.3 Å². The van der Waals surface area contributed by atoms with E-state index in [0.29, 0.717) is 21.4 Å². The minimum atomic E-state index is -0.320. The topological polar surface area (TPSA) is 67.2 Å². The number of rotatable bonds is 5. The molecule has 1 N–H and O–H groups in total. The summed E-state index contributed by atoms with van der Waals surface area (Å²) in [6.07, 6.45) is 0. The number of amides is 2. The third-order valence-electron chi connectivity index (χ3n) is 4.75. The van der Waals surface area contributed by atoms with Crippen LogP contribution < -0.4 is 5.32 Å². The molecule has 1 aromatic heterocycles. The highest BCUT2D eigenvalue weighted by Crippen LogP contribution is 2.28. The molecular weight excluding hydrogens is 435 g/mol. The molecular formula is C23H32Cl2N4O2. The van der Waals surface area contributed by atoms with Crippen LogP contribution in [0.25, 0.3) is 0 Å². The second-order valence-corrected chi connectivity index (χ2v) is 10.8. The zero-order valence-corrected chi connectivity index (χ0v) is 21.0. The Kier molecular flexibility index (Phi) is 7.49. The maximum Gasteiger partial charge on any atom is 0.254 e. The van der Waals surface area contributed by atoms with Gasteiger partial charge in [-0.2, -0.15) is 5.10 Å². The van der Waals surface area contributed by atoms with E-state index >= 15 is 0 Å². The van der Waals surface area contributed by atoms with Gasteiger partial charge in [0.2, 0.25) is 5.91 Å². The van der Waals surface area contributed by atoms with Crippen LogP contribution in [0.2, 0.25) is 10.0 Å². The summed E-state index contributed by atoms with van der Waals surface area (Å²) in [6.45, 7) is 15.9. The Hall–Kier alpha value is -2.05. The van der Waals surface area contributed by atoms with Gasteiger partial charge in [0, 0.05) is 23.1 Å². The quantitative estimate of drug-likeness (QED) is 0.611. The first kappa shape index (κ1) is 25.2. The summed E-state index contributed by atoms with van der Waals surface area (Å²) in [5.41, 5.74) is 0.778. The van der Waals surface area contributed by atoms with Crippen LogP contribution >= 0.6 is 23.2 Å². The highest BCUT2D eigenvalue weighted by Gasteiger charge is 2.27. The average Bonchev–Trinajstić information content (AvgIpc) is 3.05. The monoisotopic (exact) mass is 466 g/mol. The predicted octanol–water partition coefficient (Wildman–Crippen LogP) is 5.73. The Morgan fingerprint density at radius 1 is 1.06 bits per heavy atom. The SMILES string of the molecule is CC(C)N(CC(=O)Nc1cc(C(C)(C)C)nn1C(C)(C)C)C(=O)c1ccc(Cl)c(Cl)c1. The largest absolute Gasteiger partial charge is 0.327 e. The lowest BCUT2D eigenvalue weighted by Gasteiger charge is -2.27. The molecule has 0 saturated heterocycles. The Balaban J connectivity index is 2.27. The molecule has 0 spiro atoms. The minimum absolute atomic E-state index is 0.100. The third-order valence-corrected chi connectivity index (χ3v) is 5.48. The van der Waals surface area contributed by atoms with Crippen LogP contribution in [-0.2, 0) is 15.7 Å². The molecule has 0 aliphatic heterocycles. The van der Waals surface area contributed by atoms with Gasteiger partial charge in [-0.05, 0) is 52.8 Å². The second kappa shape index (κ2) is 9.21. The van der Waals surface area contributed by atoms with Crippen molar-refractivity contribution < 1.29 is 9.59 Å². The summed E-state index contributed by atoms with van der Waals surface area (Å²) in [6, 6.07) is 6.40. The zero-order chi connectivity index (χ0) is 23.7. The number of hydrogen-bond acceptors (Lipinski definition) is 3. The van der Waals surface area contributed by atoms with Crippen molar-refractivity contribution in [2.24, 2.45) is 0 Å². The van der Waals surface area contributed by atoms with Crippen LogP contribution in [0.5, 0.6) is 0 Å². The molecule has 0 unspecified atom stereocenters. The molecule has 0 fully saturated rings. The molecule has 0 radical (unpaired) electrons. The minimum Gasteiger partial charge on any atom is -0.327 e. The fourth-order valence-corrected chi connectivity index (χ4v) is 3.27. The van der Waals surface area contributed by atoms with Crippen LogP contribution in [0.3, 0.4) is 0 Å². The van der Waals surface area contributed by atoms with Crippen molar-refractivity contribution in [3.8, 4) is 0 Å². The second-order valence-electron chi connectivity index (χ2n) is 9.95. The summed E-state index contributed by atoms with van der Waals surface area (Å²) in [7, 11) is 0. The van der Waals surface area contributed by atoms with E-state index in [2.05, 4.69) is 26.1 Å². The zero-order valence-electron chi connectivity index (χ0n) is 19.5. The number of carbonyl (C=O) groups excluding carboxylic acids is 2. The van der Waals surface area contributed by atoms with Gasteiger partial charge in [0.05, 0.1) is 21.3 Å². The molecule has 6 nitrogen and oxygen atoms in total. The van der Waals surface area contributed by atoms with Gasteiger partial charge in [-0.25, -0.2) is 4.68 Å². The van der Waals surface area contributed by atoms with Crippen LogP contribution in [0.1, 0.15) is 71.4 Å². The van der Waals surface area contributed by atoms with Crippen molar-refractivity contribution in [2.45, 2.75) is 72.4 Å². The molecule has 2 amide bonds. The lowest BCUT2D eigenvalue weighted by molar-refractivity contribution is -0.117. The Bertz CT molecular complexity index is 969. The summed E-state index contributed by atoms with van der Waals surface area (Å²) in [4.78, 5) is 27.5. The van der Waals surface area contributed by atoms with Gasteiger partial charge in [0.1, 0.15) is 12.4 Å². The molecule has 31 heavy (non-hydrogen) atoms. The van der Waals surface area contributed by atoms with Crippen molar-refractivity contribution in [3.63, 3.8) is 0 Å². The van der Waals surface area contributed by atoms with Crippen LogP contribution in [0.15, 0.2) is 24.3 Å². The highest BCUT2D eigenvalue weighted by molar-refractivity contribution is 6.42. The van der Waals surface area contributed by atoms with Crippen LogP contribution in [-0.4, -0.2) is 39.1 Å². The molecule has 1 aromatic carbocycles. The average molecular weight is 467 g/mol. The summed E-state index contributed by atoms with van der Waals surface area (Å²) in [5, 5.41) is 8.33. The number of halogens is 2. The van der Waals surface area contributed by atoms with E-state index in [9.17, 15) is 9.59 Å². The Labute approximate surface area is 194 Å². The number of aromatic nitrogens is 2. The first-order valence-electron chi connectivity index (χ1n) is 10.3. The number of anilines is 1. The molecule has 170 valence electrons. The van der Waals surface area contributed by atoms with Gasteiger partial charge in [0.15, 0.2) is 0 Å². The summed E-state index contributed by atoms with van der Waals surface area (Å²) < 4.78 is 1.81. The fourth-order valence-electron chi connectivity index (χ4n) is 2.97. The smallest absolute Gasteiger partial charge is 0.254 e. The number of nitrogens with one attached hydrogen (secondary N) is 1. The van der Waals surface area contributed by atoms with E-state index in [1.807, 2.05) is 45.4 Å². The molecule has 2 aromatic rings. The van der Waals surface area contributed by atoms with E-state index < -0.39 is 0 Å². The Morgan fingerprint density at radius 3 is 2.16 bits per heavy atom. The van der Waals surface area contributed by atoms with Crippen molar-refractivity contribution >= 4 is 40.8 Å². The standard InChI is InChI=1S/C23H32Cl2N4O2/c1-14(2)28(21(31)15-9-10-16(24)17(25)11-15)13-20(30)26-19-12-18(22(3,4)5)27-29(19)23(6,7)8/h9-12,14H,13H2,1-8H3,(H,26,30). The van der Waals surface area contributed by atoms with Gasteiger partial charge in [-0.3, -0.25) is 9.59 Å². The molecule has 0 bridgehead atoms. The van der Waals surface area contributed by atoms with Crippen molar-refractivity contribution in [1.82, 2.24) is 14.7 Å². The molecule has 0 aliphatic carbocycles. The number of hydrogen-bond donors (Lipinski definition) is 1. The van der Waals surface area contributed by atoms with Gasteiger partial charge >= 0.3 is 0 Å². The Morgan fingerprint density at radius 2 is 1.68 bits per heavy atom. The van der Waals surface area contributed by atoms with Gasteiger partial charge < -0.3 is 10.2 Å².